The number of aromatic nitrogens is 1. The zero-order chi connectivity index (χ0) is 7.40. The van der Waals surface area contributed by atoms with Gasteiger partial charge in [-0.1, -0.05) is 0 Å². The summed E-state index contributed by atoms with van der Waals surface area (Å²) >= 11 is 6.48. The van der Waals surface area contributed by atoms with Crippen LogP contribution in [0.1, 0.15) is 11.8 Å². The molecular weight excluding hydrogens is 170 g/mol. The molecule has 1 N–H and O–H groups in total. The maximum absolute atomic E-state index is 9.10. The Bertz CT molecular complexity index is 248. The summed E-state index contributed by atoms with van der Waals surface area (Å²) in [7, 11) is 0. The average Bonchev–Trinajstić information content (AvgIpc) is 2.38. The molecule has 1 aromatic heterocycles. The molecule has 10 heavy (non-hydrogen) atoms. The topological polar surface area (TPSA) is 33.1 Å². The van der Waals surface area contributed by atoms with Crippen molar-refractivity contribution < 1.29 is 5.11 Å². The van der Waals surface area contributed by atoms with Crippen molar-refractivity contribution in [1.82, 2.24) is 4.98 Å². The van der Waals surface area contributed by atoms with Gasteiger partial charge in [-0.3, -0.25) is 0 Å². The van der Waals surface area contributed by atoms with Crippen molar-refractivity contribution in [1.29, 1.82) is 0 Å². The lowest BCUT2D eigenvalue weighted by Crippen LogP contribution is -1.92. The van der Waals surface area contributed by atoms with Crippen LogP contribution in [0.2, 0.25) is 0 Å². The molecule has 0 saturated carbocycles. The lowest BCUT2D eigenvalue weighted by atomic mass is 10.3. The summed E-state index contributed by atoms with van der Waals surface area (Å²) in [6.07, 6.45) is -0.844. The largest absolute Gasteiger partial charge is 0.374 e. The molecule has 1 aromatic rings. The van der Waals surface area contributed by atoms with Crippen LogP contribution in [0.25, 0.3) is 0 Å². The molecule has 1 unspecified atom stereocenters. The van der Waals surface area contributed by atoms with Gasteiger partial charge in [-0.2, -0.15) is 0 Å². The molecule has 1 heterocycles. The number of aliphatic hydroxyl groups is 1. The van der Waals surface area contributed by atoms with Gasteiger partial charge in [0.2, 0.25) is 0 Å². The Morgan fingerprint density at radius 3 is 3.10 bits per heavy atom. The molecule has 52 valence electrons. The van der Waals surface area contributed by atoms with Crippen LogP contribution >= 0.6 is 22.9 Å². The highest BCUT2D eigenvalue weighted by atomic mass is 35.5. The second-order valence-corrected chi connectivity index (χ2v) is 2.46. The Morgan fingerprint density at radius 1 is 1.80 bits per heavy atom. The van der Waals surface area contributed by atoms with E-state index in [1.807, 2.05) is 0 Å². The molecular formula is C6H4ClNOS. The van der Waals surface area contributed by atoms with Crippen LogP contribution in [0, 0.1) is 11.3 Å². The van der Waals surface area contributed by atoms with Gasteiger partial charge in [-0.15, -0.1) is 11.3 Å². The van der Waals surface area contributed by atoms with Crippen LogP contribution in [-0.4, -0.2) is 10.1 Å². The smallest absolute Gasteiger partial charge is 0.159 e. The van der Waals surface area contributed by atoms with Crippen molar-refractivity contribution in [3.8, 4) is 11.3 Å². The number of hydrogen-bond acceptors (Lipinski definition) is 3. The molecule has 0 radical (unpaired) electrons. The fourth-order valence-corrected chi connectivity index (χ4v) is 1.16. The second-order valence-electron chi connectivity index (χ2n) is 1.55. The predicted molar refractivity (Wildman–Crippen MR) is 40.7 cm³/mol. The molecule has 2 nitrogen and oxygen atoms in total. The fraction of sp³-hybridized carbons (Fsp3) is 0.167. The predicted octanol–water partition coefficient (Wildman–Crippen LogP) is 1.38. The molecule has 0 aromatic carbocycles. The van der Waals surface area contributed by atoms with E-state index in [0.717, 1.165) is 0 Å². The summed E-state index contributed by atoms with van der Waals surface area (Å²) in [5.41, 5.74) is 2.19. The Balaban J connectivity index is 2.74. The van der Waals surface area contributed by atoms with Crippen molar-refractivity contribution in [3.63, 3.8) is 0 Å². The first-order chi connectivity index (χ1) is 4.84. The highest BCUT2D eigenvalue weighted by Gasteiger charge is 2.03. The molecule has 0 spiro atoms. The standard InChI is InChI=1S/C6H4ClNOS/c7-2-1-6(9)5-3-10-4-8-5/h3-4,6,9H. The third-order valence-corrected chi connectivity index (χ3v) is 1.64. The van der Waals surface area contributed by atoms with E-state index in [1.165, 1.54) is 11.3 Å². The van der Waals surface area contributed by atoms with E-state index in [2.05, 4.69) is 16.3 Å². The van der Waals surface area contributed by atoms with E-state index >= 15 is 0 Å². The van der Waals surface area contributed by atoms with E-state index in [-0.39, 0.29) is 0 Å². The van der Waals surface area contributed by atoms with Crippen molar-refractivity contribution in [2.75, 3.05) is 0 Å². The van der Waals surface area contributed by atoms with E-state index in [1.54, 1.807) is 10.9 Å². The lowest BCUT2D eigenvalue weighted by Gasteiger charge is -1.93. The van der Waals surface area contributed by atoms with Crippen LogP contribution in [0.15, 0.2) is 10.9 Å². The van der Waals surface area contributed by atoms with Crippen LogP contribution in [-0.2, 0) is 0 Å². The summed E-state index contributed by atoms with van der Waals surface area (Å²) in [5.74, 6) is 2.36. The van der Waals surface area contributed by atoms with Crippen LogP contribution in [0.3, 0.4) is 0 Å². The van der Waals surface area contributed by atoms with Gasteiger partial charge in [0.25, 0.3) is 0 Å². The van der Waals surface area contributed by atoms with Gasteiger partial charge in [0.15, 0.2) is 6.10 Å². The van der Waals surface area contributed by atoms with Gasteiger partial charge in [-0.05, 0) is 17.5 Å². The van der Waals surface area contributed by atoms with Gasteiger partial charge in [0, 0.05) is 10.8 Å². The SMILES string of the molecule is OC(C#CCl)c1cscn1. The first kappa shape index (κ1) is 7.55. The van der Waals surface area contributed by atoms with Crippen LogP contribution in [0.4, 0.5) is 0 Å². The number of halogens is 1. The summed E-state index contributed by atoms with van der Waals surface area (Å²) < 4.78 is 0. The lowest BCUT2D eigenvalue weighted by molar-refractivity contribution is 0.234. The van der Waals surface area contributed by atoms with Crippen molar-refractivity contribution in [3.05, 3.63) is 16.6 Å². The van der Waals surface area contributed by atoms with Crippen molar-refractivity contribution in [2.24, 2.45) is 0 Å². The molecule has 0 aliphatic rings. The van der Waals surface area contributed by atoms with E-state index in [4.69, 9.17) is 16.7 Å². The number of nitrogens with zero attached hydrogens (tertiary/aromatic N) is 1. The Kier molecular flexibility index (Phi) is 2.69. The Hall–Kier alpha value is -0.560. The normalized spacial score (nSPS) is 11.8. The molecule has 1 rings (SSSR count). The molecule has 0 aliphatic carbocycles. The summed E-state index contributed by atoms with van der Waals surface area (Å²) in [6, 6.07) is 0. The third kappa shape index (κ3) is 1.71. The zero-order valence-corrected chi connectivity index (χ0v) is 6.49. The number of thiazole rings is 1. The van der Waals surface area contributed by atoms with E-state index in [0.29, 0.717) is 5.69 Å². The minimum atomic E-state index is -0.844. The minimum Gasteiger partial charge on any atom is -0.374 e. The second kappa shape index (κ2) is 3.57. The fourth-order valence-electron chi connectivity index (χ4n) is 0.483. The summed E-state index contributed by atoms with van der Waals surface area (Å²) in [6.45, 7) is 0. The van der Waals surface area contributed by atoms with Crippen molar-refractivity contribution >= 4 is 22.9 Å². The Morgan fingerprint density at radius 2 is 2.60 bits per heavy atom. The molecule has 0 saturated heterocycles. The first-order valence-electron chi connectivity index (χ1n) is 2.52. The van der Waals surface area contributed by atoms with Gasteiger partial charge in [0.05, 0.1) is 11.2 Å². The summed E-state index contributed by atoms with van der Waals surface area (Å²) in [5, 5.41) is 12.9. The maximum Gasteiger partial charge on any atom is 0.159 e. The molecule has 0 fully saturated rings. The third-order valence-electron chi connectivity index (χ3n) is 0.923. The number of hydrogen-bond donors (Lipinski definition) is 1. The van der Waals surface area contributed by atoms with Crippen LogP contribution in [0.5, 0.6) is 0 Å². The summed E-state index contributed by atoms with van der Waals surface area (Å²) in [4.78, 5) is 3.84. The van der Waals surface area contributed by atoms with Gasteiger partial charge < -0.3 is 5.11 Å². The quantitative estimate of drug-likeness (QED) is 0.651. The zero-order valence-electron chi connectivity index (χ0n) is 4.91. The van der Waals surface area contributed by atoms with Crippen molar-refractivity contribution in [2.45, 2.75) is 6.10 Å². The van der Waals surface area contributed by atoms with Gasteiger partial charge >= 0.3 is 0 Å². The van der Waals surface area contributed by atoms with E-state index in [9.17, 15) is 0 Å². The highest BCUT2D eigenvalue weighted by Crippen LogP contribution is 2.10. The number of rotatable bonds is 1. The average molecular weight is 174 g/mol. The van der Waals surface area contributed by atoms with E-state index < -0.39 is 6.10 Å². The minimum absolute atomic E-state index is 0.554. The molecule has 4 heteroatoms. The maximum atomic E-state index is 9.10. The molecule has 0 amide bonds. The molecule has 0 bridgehead atoms. The molecule has 0 aliphatic heterocycles. The first-order valence-corrected chi connectivity index (χ1v) is 3.84. The monoisotopic (exact) mass is 173 g/mol. The van der Waals surface area contributed by atoms with Gasteiger partial charge in [-0.25, -0.2) is 4.98 Å². The molecule has 1 atom stereocenters. The van der Waals surface area contributed by atoms with Crippen LogP contribution < -0.4 is 0 Å². The van der Waals surface area contributed by atoms with Gasteiger partial charge in [0.1, 0.15) is 0 Å². The number of aliphatic hydroxyl groups excluding tert-OH is 1. The Labute approximate surface area is 67.5 Å². The highest BCUT2D eigenvalue weighted by molar-refractivity contribution is 7.07.